The number of hydrogen-bond acceptors (Lipinski definition) is 4. The molecule has 4 nitrogen and oxygen atoms in total. The summed E-state index contributed by atoms with van der Waals surface area (Å²) in [6, 6.07) is 9.17. The van der Waals surface area contributed by atoms with Crippen molar-refractivity contribution < 1.29 is 13.9 Å². The molecular weight excluding hydrogens is 295 g/mol. The first-order valence-corrected chi connectivity index (χ1v) is 6.68. The van der Waals surface area contributed by atoms with Gasteiger partial charge in [-0.15, -0.1) is 0 Å². The zero-order valence-corrected chi connectivity index (χ0v) is 12.1. The zero-order chi connectivity index (χ0) is 15.4. The second-order valence-electron chi connectivity index (χ2n) is 4.24. The molecule has 21 heavy (non-hydrogen) atoms. The van der Waals surface area contributed by atoms with Crippen LogP contribution in [0.2, 0.25) is 5.02 Å². The number of anilines is 3. The third-order valence-electron chi connectivity index (χ3n) is 2.80. The largest absolute Gasteiger partial charge is 0.462 e. The summed E-state index contributed by atoms with van der Waals surface area (Å²) < 4.78 is 18.1. The lowest BCUT2D eigenvalue weighted by Gasteiger charge is -2.12. The Labute approximate surface area is 126 Å². The molecule has 0 radical (unpaired) electrons. The van der Waals surface area contributed by atoms with Crippen LogP contribution in [0.4, 0.5) is 21.5 Å². The molecule has 0 aliphatic rings. The van der Waals surface area contributed by atoms with Gasteiger partial charge in [0.1, 0.15) is 5.82 Å². The molecule has 0 unspecified atom stereocenters. The summed E-state index contributed by atoms with van der Waals surface area (Å²) >= 11 is 5.72. The fourth-order valence-corrected chi connectivity index (χ4v) is 1.97. The van der Waals surface area contributed by atoms with E-state index >= 15 is 0 Å². The summed E-state index contributed by atoms with van der Waals surface area (Å²) in [6.45, 7) is 1.99. The van der Waals surface area contributed by atoms with Crippen LogP contribution in [-0.4, -0.2) is 12.6 Å². The van der Waals surface area contributed by atoms with E-state index in [9.17, 15) is 9.18 Å². The number of ether oxygens (including phenoxy) is 1. The smallest absolute Gasteiger partial charge is 0.340 e. The number of halogens is 2. The fraction of sp³-hybridized carbons (Fsp3) is 0.133. The fourth-order valence-electron chi connectivity index (χ4n) is 1.79. The third-order valence-corrected chi connectivity index (χ3v) is 3.09. The van der Waals surface area contributed by atoms with Gasteiger partial charge in [-0.2, -0.15) is 0 Å². The molecule has 0 saturated heterocycles. The van der Waals surface area contributed by atoms with Gasteiger partial charge >= 0.3 is 5.97 Å². The first-order valence-electron chi connectivity index (χ1n) is 6.30. The van der Waals surface area contributed by atoms with Crippen LogP contribution in [0.5, 0.6) is 0 Å². The van der Waals surface area contributed by atoms with Crippen LogP contribution in [0.15, 0.2) is 36.4 Å². The van der Waals surface area contributed by atoms with Gasteiger partial charge in [0.05, 0.1) is 28.6 Å². The summed E-state index contributed by atoms with van der Waals surface area (Å²) in [5.74, 6) is -0.994. The molecule has 0 atom stereocenters. The zero-order valence-electron chi connectivity index (χ0n) is 11.3. The normalized spacial score (nSPS) is 10.2. The van der Waals surface area contributed by atoms with Gasteiger partial charge < -0.3 is 15.8 Å². The monoisotopic (exact) mass is 308 g/mol. The van der Waals surface area contributed by atoms with Gasteiger partial charge in [0.2, 0.25) is 0 Å². The van der Waals surface area contributed by atoms with Crippen molar-refractivity contribution in [2.24, 2.45) is 0 Å². The predicted octanol–water partition coefficient (Wildman–Crippen LogP) is 3.98. The molecule has 0 aliphatic heterocycles. The summed E-state index contributed by atoms with van der Waals surface area (Å²) in [4.78, 5) is 11.8. The molecule has 2 rings (SSSR count). The van der Waals surface area contributed by atoms with Crippen LogP contribution in [0, 0.1) is 5.82 Å². The lowest BCUT2D eigenvalue weighted by molar-refractivity contribution is 0.0527. The van der Waals surface area contributed by atoms with E-state index in [-0.39, 0.29) is 22.9 Å². The molecule has 0 fully saturated rings. The van der Waals surface area contributed by atoms with Gasteiger partial charge in [-0.3, -0.25) is 0 Å². The van der Waals surface area contributed by atoms with E-state index in [4.69, 9.17) is 22.1 Å². The minimum absolute atomic E-state index is 0.000110. The molecule has 0 heterocycles. The number of carbonyl (C=O) groups excluding carboxylic acids is 1. The van der Waals surface area contributed by atoms with Gasteiger partial charge in [0.15, 0.2) is 0 Å². The quantitative estimate of drug-likeness (QED) is 0.662. The number of benzene rings is 2. The molecule has 2 aromatic carbocycles. The molecule has 0 amide bonds. The molecule has 0 saturated carbocycles. The number of nitrogen functional groups attached to an aromatic ring is 1. The van der Waals surface area contributed by atoms with Crippen molar-refractivity contribution >= 4 is 34.6 Å². The highest BCUT2D eigenvalue weighted by atomic mass is 35.5. The Balaban J connectivity index is 2.30. The van der Waals surface area contributed by atoms with E-state index in [1.54, 1.807) is 25.1 Å². The van der Waals surface area contributed by atoms with Crippen LogP contribution < -0.4 is 11.1 Å². The maximum Gasteiger partial charge on any atom is 0.340 e. The number of esters is 1. The van der Waals surface area contributed by atoms with Gasteiger partial charge in [-0.25, -0.2) is 9.18 Å². The topological polar surface area (TPSA) is 64.3 Å². The molecule has 2 aromatic rings. The van der Waals surface area contributed by atoms with Crippen LogP contribution in [-0.2, 0) is 4.74 Å². The Bertz CT molecular complexity index is 677. The van der Waals surface area contributed by atoms with Gasteiger partial charge in [-0.1, -0.05) is 17.7 Å². The Morgan fingerprint density at radius 3 is 2.81 bits per heavy atom. The molecular formula is C15H14ClFN2O2. The summed E-state index contributed by atoms with van der Waals surface area (Å²) in [6.07, 6.45) is 0. The van der Waals surface area contributed by atoms with Crippen molar-refractivity contribution in [2.75, 3.05) is 17.7 Å². The van der Waals surface area contributed by atoms with Crippen molar-refractivity contribution in [2.45, 2.75) is 6.92 Å². The number of rotatable bonds is 4. The van der Waals surface area contributed by atoms with Crippen molar-refractivity contribution in [3.8, 4) is 0 Å². The maximum atomic E-state index is 13.1. The number of nitrogens with two attached hydrogens (primary N) is 1. The van der Waals surface area contributed by atoms with E-state index in [1.165, 1.54) is 18.2 Å². The van der Waals surface area contributed by atoms with Crippen LogP contribution in [0.1, 0.15) is 17.3 Å². The first-order chi connectivity index (χ1) is 10.0. The highest BCUT2D eigenvalue weighted by Crippen LogP contribution is 2.28. The average Bonchev–Trinajstić information content (AvgIpc) is 2.45. The van der Waals surface area contributed by atoms with Crippen LogP contribution in [0.3, 0.4) is 0 Å². The van der Waals surface area contributed by atoms with Crippen molar-refractivity contribution in [3.63, 3.8) is 0 Å². The minimum atomic E-state index is -0.504. The molecule has 6 heteroatoms. The van der Waals surface area contributed by atoms with E-state index in [1.807, 2.05) is 0 Å². The van der Waals surface area contributed by atoms with Gasteiger partial charge in [0.25, 0.3) is 0 Å². The molecule has 0 aliphatic carbocycles. The summed E-state index contributed by atoms with van der Waals surface area (Å²) in [7, 11) is 0. The number of carbonyl (C=O) groups is 1. The number of nitrogens with one attached hydrogen (secondary N) is 1. The SMILES string of the molecule is CCOC(=O)c1cccc(Nc2ccc(F)c(Cl)c2)c1N. The lowest BCUT2D eigenvalue weighted by Crippen LogP contribution is -2.09. The lowest BCUT2D eigenvalue weighted by atomic mass is 10.1. The molecule has 0 spiro atoms. The molecule has 0 bridgehead atoms. The summed E-state index contributed by atoms with van der Waals surface area (Å²) in [5.41, 5.74) is 7.57. The van der Waals surface area contributed by atoms with Gasteiger partial charge in [-0.05, 0) is 37.3 Å². The van der Waals surface area contributed by atoms with Crippen LogP contribution >= 0.6 is 11.6 Å². The molecule has 110 valence electrons. The standard InChI is InChI=1S/C15H14ClFN2O2/c1-2-21-15(20)10-4-3-5-13(14(10)18)19-9-6-7-12(17)11(16)8-9/h3-8,19H,2,18H2,1H3. The maximum absolute atomic E-state index is 13.1. The van der Waals surface area contributed by atoms with Gasteiger partial charge in [0, 0.05) is 5.69 Å². The predicted molar refractivity (Wildman–Crippen MR) is 81.5 cm³/mol. The second-order valence-corrected chi connectivity index (χ2v) is 4.65. The van der Waals surface area contributed by atoms with Crippen molar-refractivity contribution in [3.05, 3.63) is 52.8 Å². The van der Waals surface area contributed by atoms with Crippen molar-refractivity contribution in [1.29, 1.82) is 0 Å². The summed E-state index contributed by atoms with van der Waals surface area (Å²) in [5, 5.41) is 2.99. The van der Waals surface area contributed by atoms with E-state index in [0.717, 1.165) is 0 Å². The van der Waals surface area contributed by atoms with Crippen molar-refractivity contribution in [1.82, 2.24) is 0 Å². The Morgan fingerprint density at radius 2 is 2.14 bits per heavy atom. The third kappa shape index (κ3) is 3.44. The van der Waals surface area contributed by atoms with E-state index in [0.29, 0.717) is 11.4 Å². The minimum Gasteiger partial charge on any atom is -0.462 e. The molecule has 0 aromatic heterocycles. The van der Waals surface area contributed by atoms with Crippen LogP contribution in [0.25, 0.3) is 0 Å². The average molecular weight is 309 g/mol. The highest BCUT2D eigenvalue weighted by Gasteiger charge is 2.13. The Kier molecular flexibility index (Phi) is 4.65. The Morgan fingerprint density at radius 1 is 1.38 bits per heavy atom. The molecule has 3 N–H and O–H groups in total. The number of para-hydroxylation sites is 1. The second kappa shape index (κ2) is 6.45. The highest BCUT2D eigenvalue weighted by molar-refractivity contribution is 6.31. The van der Waals surface area contributed by atoms with E-state index < -0.39 is 11.8 Å². The first kappa shape index (κ1) is 15.1. The Hall–Kier alpha value is -2.27. The number of hydrogen-bond donors (Lipinski definition) is 2. The van der Waals surface area contributed by atoms with E-state index in [2.05, 4.69) is 5.32 Å².